The first kappa shape index (κ1) is 17.3. The predicted octanol–water partition coefficient (Wildman–Crippen LogP) is 4.35. The van der Waals surface area contributed by atoms with Crippen LogP contribution in [0.4, 0.5) is 10.1 Å². The van der Waals surface area contributed by atoms with Crippen molar-refractivity contribution in [2.45, 2.75) is 0 Å². The molecule has 0 aliphatic rings. The summed E-state index contributed by atoms with van der Waals surface area (Å²) in [7, 11) is 3.93. The zero-order chi connectivity index (χ0) is 18.0. The van der Waals surface area contributed by atoms with Crippen molar-refractivity contribution in [3.63, 3.8) is 0 Å². The van der Waals surface area contributed by atoms with Gasteiger partial charge in [0.1, 0.15) is 5.82 Å². The number of aromatic nitrogens is 3. The summed E-state index contributed by atoms with van der Waals surface area (Å²) in [5, 5.41) is 11.4. The van der Waals surface area contributed by atoms with Crippen molar-refractivity contribution in [2.24, 2.45) is 5.10 Å². The zero-order valence-corrected chi connectivity index (χ0v) is 15.1. The van der Waals surface area contributed by atoms with Crippen LogP contribution < -0.4 is 4.90 Å². The molecular formula is C17H15ClFN5S. The average Bonchev–Trinajstić information content (AvgIpc) is 2.95. The highest BCUT2D eigenvalue weighted by Gasteiger charge is 2.10. The molecule has 0 aliphatic heterocycles. The molecule has 2 aromatic carbocycles. The number of nitrogens with zero attached hydrogens (tertiary/aromatic N) is 4. The molecule has 0 amide bonds. The lowest BCUT2D eigenvalue weighted by atomic mass is 10.2. The molecule has 8 heteroatoms. The lowest BCUT2D eigenvalue weighted by Crippen LogP contribution is -2.08. The second-order valence-corrected chi connectivity index (χ2v) is 6.28. The van der Waals surface area contributed by atoms with E-state index in [0.717, 1.165) is 11.3 Å². The summed E-state index contributed by atoms with van der Waals surface area (Å²) in [4.78, 5) is 2.00. The molecule has 0 spiro atoms. The van der Waals surface area contributed by atoms with Crippen molar-refractivity contribution < 1.29 is 4.39 Å². The van der Waals surface area contributed by atoms with Gasteiger partial charge in [-0.25, -0.2) is 9.49 Å². The molecule has 3 aromatic rings. The number of hydrogen-bond donors (Lipinski definition) is 1. The van der Waals surface area contributed by atoms with Crippen LogP contribution >= 0.6 is 23.8 Å². The molecular weight excluding hydrogens is 361 g/mol. The third kappa shape index (κ3) is 3.62. The van der Waals surface area contributed by atoms with Gasteiger partial charge in [0, 0.05) is 30.9 Å². The first-order chi connectivity index (χ1) is 12.0. The van der Waals surface area contributed by atoms with E-state index in [0.29, 0.717) is 10.6 Å². The normalized spacial score (nSPS) is 11.2. The van der Waals surface area contributed by atoms with E-state index >= 15 is 0 Å². The van der Waals surface area contributed by atoms with E-state index in [4.69, 9.17) is 23.8 Å². The van der Waals surface area contributed by atoms with Crippen LogP contribution in [0.2, 0.25) is 5.02 Å². The summed E-state index contributed by atoms with van der Waals surface area (Å²) >= 11 is 11.2. The van der Waals surface area contributed by atoms with Gasteiger partial charge in [0.25, 0.3) is 0 Å². The van der Waals surface area contributed by atoms with Gasteiger partial charge in [0.05, 0.1) is 11.2 Å². The van der Waals surface area contributed by atoms with E-state index < -0.39 is 5.82 Å². The Hall–Kier alpha value is -2.51. The lowest BCUT2D eigenvalue weighted by Gasteiger charge is -2.12. The summed E-state index contributed by atoms with van der Waals surface area (Å²) in [6, 6.07) is 12.2. The Balaban J connectivity index is 2.00. The summed E-state index contributed by atoms with van der Waals surface area (Å²) in [6.07, 6.45) is 1.33. The number of hydrogen-bond acceptors (Lipinski definition) is 4. The van der Waals surface area contributed by atoms with E-state index in [9.17, 15) is 4.39 Å². The number of anilines is 1. The van der Waals surface area contributed by atoms with Crippen molar-refractivity contribution in [2.75, 3.05) is 19.0 Å². The fourth-order valence-corrected chi connectivity index (χ4v) is 2.63. The molecule has 0 unspecified atom stereocenters. The van der Waals surface area contributed by atoms with Gasteiger partial charge in [-0.1, -0.05) is 17.7 Å². The minimum atomic E-state index is -0.455. The Kier molecular flexibility index (Phi) is 4.96. The van der Waals surface area contributed by atoms with Crippen LogP contribution in [0.25, 0.3) is 11.4 Å². The molecule has 1 N–H and O–H groups in total. The quantitative estimate of drug-likeness (QED) is 0.545. The van der Waals surface area contributed by atoms with Gasteiger partial charge in [-0.2, -0.15) is 14.9 Å². The zero-order valence-electron chi connectivity index (χ0n) is 13.6. The van der Waals surface area contributed by atoms with E-state index in [2.05, 4.69) is 15.3 Å². The van der Waals surface area contributed by atoms with Crippen LogP contribution in [0.15, 0.2) is 47.6 Å². The molecule has 1 aromatic heterocycles. The first-order valence-electron chi connectivity index (χ1n) is 7.41. The van der Waals surface area contributed by atoms with Gasteiger partial charge in [-0.15, -0.1) is 0 Å². The number of rotatable bonds is 4. The van der Waals surface area contributed by atoms with Crippen LogP contribution in [0.3, 0.4) is 0 Å². The van der Waals surface area contributed by atoms with Gasteiger partial charge in [-0.3, -0.25) is 0 Å². The predicted molar refractivity (Wildman–Crippen MR) is 102 cm³/mol. The number of nitrogens with one attached hydrogen (secondary N) is 1. The standard InChI is InChI=1S/C17H15ClFN5S/c1-23(2)12-8-6-11(7-9-12)16-21-22-17(25)24(16)20-10-13-14(18)4-3-5-15(13)19/h3-10H,1-2H3,(H,22,25)/b20-10+. The molecule has 0 fully saturated rings. The van der Waals surface area contributed by atoms with Crippen LogP contribution in [0, 0.1) is 10.6 Å². The summed E-state index contributed by atoms with van der Waals surface area (Å²) in [6.45, 7) is 0. The van der Waals surface area contributed by atoms with Gasteiger partial charge in [0.15, 0.2) is 5.82 Å². The topological polar surface area (TPSA) is 49.2 Å². The fraction of sp³-hybridized carbons (Fsp3) is 0.118. The smallest absolute Gasteiger partial charge is 0.216 e. The molecule has 1 heterocycles. The van der Waals surface area contributed by atoms with Crippen molar-refractivity contribution in [3.8, 4) is 11.4 Å². The van der Waals surface area contributed by atoms with E-state index in [1.54, 1.807) is 6.07 Å². The molecule has 5 nitrogen and oxygen atoms in total. The Morgan fingerprint density at radius 3 is 2.60 bits per heavy atom. The summed E-state index contributed by atoms with van der Waals surface area (Å²) < 4.78 is 15.6. The van der Waals surface area contributed by atoms with Crippen molar-refractivity contribution in [3.05, 3.63) is 63.6 Å². The Labute approximate surface area is 154 Å². The number of aromatic amines is 1. The summed E-state index contributed by atoms with van der Waals surface area (Å²) in [5.41, 5.74) is 2.09. The first-order valence-corrected chi connectivity index (χ1v) is 8.19. The molecule has 0 saturated carbocycles. The highest BCUT2D eigenvalue weighted by Crippen LogP contribution is 2.22. The largest absolute Gasteiger partial charge is 0.378 e. The third-order valence-corrected chi connectivity index (χ3v) is 4.19. The van der Waals surface area contributed by atoms with Crippen LogP contribution in [-0.2, 0) is 0 Å². The van der Waals surface area contributed by atoms with Crippen LogP contribution in [0.1, 0.15) is 5.56 Å². The number of benzene rings is 2. The average molecular weight is 376 g/mol. The monoisotopic (exact) mass is 375 g/mol. The van der Waals surface area contributed by atoms with Crippen molar-refractivity contribution in [1.82, 2.24) is 14.9 Å². The minimum Gasteiger partial charge on any atom is -0.378 e. The Bertz CT molecular complexity index is 955. The van der Waals surface area contributed by atoms with Crippen LogP contribution in [0.5, 0.6) is 0 Å². The molecule has 128 valence electrons. The minimum absolute atomic E-state index is 0.196. The maximum absolute atomic E-state index is 13.9. The molecule has 0 radical (unpaired) electrons. The molecule has 25 heavy (non-hydrogen) atoms. The molecule has 0 bridgehead atoms. The maximum atomic E-state index is 13.9. The fourth-order valence-electron chi connectivity index (χ4n) is 2.24. The Morgan fingerprint density at radius 1 is 1.24 bits per heavy atom. The summed E-state index contributed by atoms with van der Waals surface area (Å²) in [5.74, 6) is 0.0715. The maximum Gasteiger partial charge on any atom is 0.216 e. The highest BCUT2D eigenvalue weighted by atomic mass is 35.5. The molecule has 3 rings (SSSR count). The Morgan fingerprint density at radius 2 is 1.96 bits per heavy atom. The number of H-pyrrole nitrogens is 1. The van der Waals surface area contributed by atoms with Crippen LogP contribution in [-0.4, -0.2) is 35.2 Å². The van der Waals surface area contributed by atoms with Gasteiger partial charge in [-0.05, 0) is 48.6 Å². The molecule has 0 aliphatic carbocycles. The van der Waals surface area contributed by atoms with E-state index in [1.807, 2.05) is 43.3 Å². The highest BCUT2D eigenvalue weighted by molar-refractivity contribution is 7.71. The van der Waals surface area contributed by atoms with Gasteiger partial charge in [0.2, 0.25) is 4.77 Å². The van der Waals surface area contributed by atoms with Gasteiger partial charge >= 0.3 is 0 Å². The van der Waals surface area contributed by atoms with Crippen molar-refractivity contribution >= 4 is 35.7 Å². The third-order valence-electron chi connectivity index (χ3n) is 3.59. The second-order valence-electron chi connectivity index (χ2n) is 5.49. The number of halogens is 2. The molecule has 0 saturated heterocycles. The SMILES string of the molecule is CN(C)c1ccc(-c2n[nH]c(=S)n2/N=C/c2c(F)cccc2Cl)cc1. The lowest BCUT2D eigenvalue weighted by molar-refractivity contribution is 0.625. The van der Waals surface area contributed by atoms with E-state index in [1.165, 1.54) is 23.0 Å². The van der Waals surface area contributed by atoms with Crippen molar-refractivity contribution in [1.29, 1.82) is 0 Å². The van der Waals surface area contributed by atoms with E-state index in [-0.39, 0.29) is 10.6 Å². The second kappa shape index (κ2) is 7.16. The molecule has 0 atom stereocenters. The van der Waals surface area contributed by atoms with Gasteiger partial charge < -0.3 is 4.90 Å².